The van der Waals surface area contributed by atoms with Crippen LogP contribution in [0.1, 0.15) is 72.6 Å². The molecule has 5 nitrogen and oxygen atoms in total. The van der Waals surface area contributed by atoms with E-state index in [2.05, 4.69) is 43.2 Å². The summed E-state index contributed by atoms with van der Waals surface area (Å²) in [6.07, 6.45) is 8.52. The van der Waals surface area contributed by atoms with E-state index in [1.165, 1.54) is 45.2 Å². The number of aliphatic hydroxyl groups is 1. The Morgan fingerprint density at radius 2 is 2.00 bits per heavy atom. The van der Waals surface area contributed by atoms with Crippen LogP contribution >= 0.6 is 24.0 Å². The molecule has 0 aromatic carbocycles. The highest BCUT2D eigenvalue weighted by atomic mass is 127. The topological polar surface area (TPSA) is 59.9 Å². The summed E-state index contributed by atoms with van der Waals surface area (Å²) < 4.78 is 0. The standard InChI is InChI=1S/C21H44N4O.HI/c1-5-22-21(24-17-20(11-15-26)16-18(2)3)23-12-7-9-14-25-13-8-6-10-19(25)4;/h18-20,26H,5-17H2,1-4H3,(H2,22,23,24);1H. The number of halogens is 1. The van der Waals surface area contributed by atoms with Crippen LogP contribution < -0.4 is 10.6 Å². The molecule has 0 radical (unpaired) electrons. The average Bonchev–Trinajstić information content (AvgIpc) is 2.60. The van der Waals surface area contributed by atoms with E-state index >= 15 is 0 Å². The first-order valence-electron chi connectivity index (χ1n) is 10.9. The molecule has 0 aliphatic carbocycles. The molecule has 1 heterocycles. The summed E-state index contributed by atoms with van der Waals surface area (Å²) in [5, 5.41) is 16.1. The maximum Gasteiger partial charge on any atom is 0.191 e. The predicted molar refractivity (Wildman–Crippen MR) is 128 cm³/mol. The second-order valence-electron chi connectivity index (χ2n) is 8.24. The minimum absolute atomic E-state index is 0. The van der Waals surface area contributed by atoms with Gasteiger partial charge in [-0.1, -0.05) is 20.3 Å². The Labute approximate surface area is 185 Å². The van der Waals surface area contributed by atoms with E-state index in [1.54, 1.807) is 0 Å². The van der Waals surface area contributed by atoms with Crippen molar-refractivity contribution in [1.29, 1.82) is 0 Å². The van der Waals surface area contributed by atoms with Gasteiger partial charge in [-0.2, -0.15) is 0 Å². The highest BCUT2D eigenvalue weighted by Crippen LogP contribution is 2.17. The number of aliphatic hydroxyl groups excluding tert-OH is 1. The van der Waals surface area contributed by atoms with Crippen LogP contribution in [0.4, 0.5) is 0 Å². The number of nitrogens with one attached hydrogen (secondary N) is 2. The molecule has 0 saturated carbocycles. The number of rotatable bonds is 12. The molecule has 1 fully saturated rings. The molecule has 0 aromatic heterocycles. The first-order chi connectivity index (χ1) is 12.6. The van der Waals surface area contributed by atoms with Crippen LogP contribution in [0.3, 0.4) is 0 Å². The Morgan fingerprint density at radius 1 is 1.22 bits per heavy atom. The molecular formula is C21H45IN4O. The summed E-state index contributed by atoms with van der Waals surface area (Å²) in [6, 6.07) is 0.764. The Kier molecular flexibility index (Phi) is 16.8. The maximum atomic E-state index is 9.26. The van der Waals surface area contributed by atoms with Gasteiger partial charge in [0.2, 0.25) is 0 Å². The molecule has 0 spiro atoms. The van der Waals surface area contributed by atoms with Gasteiger partial charge in [-0.3, -0.25) is 4.99 Å². The van der Waals surface area contributed by atoms with Crippen molar-refractivity contribution in [3.8, 4) is 0 Å². The number of guanidine groups is 1. The van der Waals surface area contributed by atoms with Crippen molar-refractivity contribution in [2.75, 3.05) is 39.3 Å². The van der Waals surface area contributed by atoms with Gasteiger partial charge in [0.1, 0.15) is 0 Å². The summed E-state index contributed by atoms with van der Waals surface area (Å²) in [5.41, 5.74) is 0. The largest absolute Gasteiger partial charge is 0.396 e. The second-order valence-corrected chi connectivity index (χ2v) is 8.24. The third-order valence-corrected chi connectivity index (χ3v) is 5.30. The summed E-state index contributed by atoms with van der Waals surface area (Å²) in [7, 11) is 0. The van der Waals surface area contributed by atoms with E-state index in [0.717, 1.165) is 44.5 Å². The van der Waals surface area contributed by atoms with Gasteiger partial charge in [-0.15, -0.1) is 24.0 Å². The fourth-order valence-corrected chi connectivity index (χ4v) is 3.83. The first-order valence-corrected chi connectivity index (χ1v) is 10.9. The Hall–Kier alpha value is -0.0800. The zero-order chi connectivity index (χ0) is 19.2. The summed E-state index contributed by atoms with van der Waals surface area (Å²) >= 11 is 0. The number of unbranched alkanes of at least 4 members (excludes halogenated alkanes) is 1. The number of likely N-dealkylation sites (tertiary alicyclic amines) is 1. The molecule has 6 heteroatoms. The zero-order valence-corrected chi connectivity index (χ0v) is 20.5. The lowest BCUT2D eigenvalue weighted by molar-refractivity contribution is 0.158. The fourth-order valence-electron chi connectivity index (χ4n) is 3.83. The van der Waals surface area contributed by atoms with E-state index in [9.17, 15) is 5.11 Å². The SMILES string of the molecule is CCNC(=NCC(CCO)CC(C)C)NCCCCN1CCCCC1C.I. The van der Waals surface area contributed by atoms with Crippen molar-refractivity contribution >= 4 is 29.9 Å². The molecule has 27 heavy (non-hydrogen) atoms. The van der Waals surface area contributed by atoms with Gasteiger partial charge in [0, 0.05) is 32.3 Å². The van der Waals surface area contributed by atoms with E-state index in [4.69, 9.17) is 4.99 Å². The lowest BCUT2D eigenvalue weighted by Crippen LogP contribution is -2.39. The molecule has 2 unspecified atom stereocenters. The minimum Gasteiger partial charge on any atom is -0.396 e. The molecule has 0 aromatic rings. The summed E-state index contributed by atoms with van der Waals surface area (Å²) in [5.74, 6) is 2.04. The highest BCUT2D eigenvalue weighted by molar-refractivity contribution is 14.0. The van der Waals surface area contributed by atoms with Crippen molar-refractivity contribution in [3.05, 3.63) is 0 Å². The molecule has 1 aliphatic heterocycles. The van der Waals surface area contributed by atoms with Crippen LogP contribution in [-0.2, 0) is 0 Å². The van der Waals surface area contributed by atoms with Gasteiger partial charge in [0.15, 0.2) is 5.96 Å². The van der Waals surface area contributed by atoms with E-state index in [-0.39, 0.29) is 30.6 Å². The second kappa shape index (κ2) is 16.8. The van der Waals surface area contributed by atoms with Crippen molar-refractivity contribution in [1.82, 2.24) is 15.5 Å². The molecule has 2 atom stereocenters. The molecule has 0 amide bonds. The van der Waals surface area contributed by atoms with Crippen LogP contribution in [0.5, 0.6) is 0 Å². The molecular weight excluding hydrogens is 451 g/mol. The summed E-state index contributed by atoms with van der Waals surface area (Å²) in [6.45, 7) is 14.4. The maximum absolute atomic E-state index is 9.26. The first kappa shape index (κ1) is 26.9. The van der Waals surface area contributed by atoms with Crippen molar-refractivity contribution < 1.29 is 5.11 Å². The Balaban J connectivity index is 0.00000676. The number of piperidine rings is 1. The Morgan fingerprint density at radius 3 is 2.63 bits per heavy atom. The number of nitrogens with zero attached hydrogens (tertiary/aromatic N) is 2. The molecule has 162 valence electrons. The third kappa shape index (κ3) is 12.9. The number of aliphatic imine (C=N–C) groups is 1. The smallest absolute Gasteiger partial charge is 0.191 e. The monoisotopic (exact) mass is 496 g/mol. The quantitative estimate of drug-likeness (QED) is 0.166. The molecule has 0 bridgehead atoms. The Bertz CT molecular complexity index is 379. The molecule has 1 aliphatic rings. The molecule has 1 rings (SSSR count). The van der Waals surface area contributed by atoms with Gasteiger partial charge < -0.3 is 20.6 Å². The fraction of sp³-hybridized carbons (Fsp3) is 0.952. The number of hydrogen-bond donors (Lipinski definition) is 3. The minimum atomic E-state index is 0. The lowest BCUT2D eigenvalue weighted by atomic mass is 9.94. The van der Waals surface area contributed by atoms with Gasteiger partial charge in [-0.25, -0.2) is 0 Å². The van der Waals surface area contributed by atoms with E-state index in [1.807, 2.05) is 0 Å². The van der Waals surface area contributed by atoms with Crippen LogP contribution in [0.15, 0.2) is 4.99 Å². The van der Waals surface area contributed by atoms with Crippen LogP contribution in [0, 0.1) is 11.8 Å². The van der Waals surface area contributed by atoms with Crippen LogP contribution in [0.25, 0.3) is 0 Å². The predicted octanol–water partition coefficient (Wildman–Crippen LogP) is 3.86. The summed E-state index contributed by atoms with van der Waals surface area (Å²) in [4.78, 5) is 7.40. The average molecular weight is 497 g/mol. The van der Waals surface area contributed by atoms with Crippen LogP contribution in [-0.4, -0.2) is 61.3 Å². The van der Waals surface area contributed by atoms with E-state index in [0.29, 0.717) is 11.8 Å². The zero-order valence-electron chi connectivity index (χ0n) is 18.2. The van der Waals surface area contributed by atoms with Crippen molar-refractivity contribution in [2.45, 2.75) is 78.7 Å². The van der Waals surface area contributed by atoms with Gasteiger partial charge >= 0.3 is 0 Å². The number of hydrogen-bond acceptors (Lipinski definition) is 3. The van der Waals surface area contributed by atoms with Gasteiger partial charge in [0.25, 0.3) is 0 Å². The van der Waals surface area contributed by atoms with E-state index < -0.39 is 0 Å². The third-order valence-electron chi connectivity index (χ3n) is 5.30. The lowest BCUT2D eigenvalue weighted by Gasteiger charge is -2.33. The normalized spacial score (nSPS) is 19.6. The highest BCUT2D eigenvalue weighted by Gasteiger charge is 2.17. The van der Waals surface area contributed by atoms with Crippen molar-refractivity contribution in [3.63, 3.8) is 0 Å². The van der Waals surface area contributed by atoms with Crippen molar-refractivity contribution in [2.24, 2.45) is 16.8 Å². The van der Waals surface area contributed by atoms with Gasteiger partial charge in [0.05, 0.1) is 0 Å². The molecule has 3 N–H and O–H groups in total. The molecule has 1 saturated heterocycles. The van der Waals surface area contributed by atoms with Gasteiger partial charge in [-0.05, 0) is 77.3 Å². The van der Waals surface area contributed by atoms with Crippen LogP contribution in [0.2, 0.25) is 0 Å².